The first-order valence-electron chi connectivity index (χ1n) is 10.3. The average molecular weight is 502 g/mol. The lowest BCUT2D eigenvalue weighted by Crippen LogP contribution is -2.44. The molecule has 2 unspecified atom stereocenters. The summed E-state index contributed by atoms with van der Waals surface area (Å²) in [6.45, 7) is 10.9. The lowest BCUT2D eigenvalue weighted by atomic mass is 10.1. The van der Waals surface area contributed by atoms with Crippen molar-refractivity contribution in [2.24, 2.45) is 4.99 Å². The van der Waals surface area contributed by atoms with Crippen molar-refractivity contribution in [2.75, 3.05) is 33.3 Å². The van der Waals surface area contributed by atoms with Crippen LogP contribution in [0.4, 0.5) is 0 Å². The molecule has 1 saturated heterocycles. The zero-order valence-corrected chi connectivity index (χ0v) is 19.9. The van der Waals surface area contributed by atoms with Gasteiger partial charge in [-0.1, -0.05) is 6.92 Å². The number of benzene rings is 1. The molecule has 2 aliphatic heterocycles. The van der Waals surface area contributed by atoms with Gasteiger partial charge in [-0.25, -0.2) is 0 Å². The molecule has 1 aromatic carbocycles. The highest BCUT2D eigenvalue weighted by atomic mass is 127. The van der Waals surface area contributed by atoms with Crippen molar-refractivity contribution in [2.45, 2.75) is 58.7 Å². The predicted octanol–water partition coefficient (Wildman–Crippen LogP) is 3.18. The highest BCUT2D eigenvalue weighted by molar-refractivity contribution is 14.0. The first-order valence-corrected chi connectivity index (χ1v) is 10.3. The summed E-state index contributed by atoms with van der Waals surface area (Å²) in [6, 6.07) is 4.84. The van der Waals surface area contributed by atoms with Crippen molar-refractivity contribution >= 4 is 29.9 Å². The van der Waals surface area contributed by atoms with Gasteiger partial charge in [-0.2, -0.15) is 0 Å². The topological polar surface area (TPSA) is 58.1 Å². The summed E-state index contributed by atoms with van der Waals surface area (Å²) in [5.74, 6) is 2.75. The van der Waals surface area contributed by atoms with E-state index in [0.717, 1.165) is 42.5 Å². The van der Waals surface area contributed by atoms with Gasteiger partial charge in [0.05, 0.1) is 6.61 Å². The monoisotopic (exact) mass is 502 g/mol. The van der Waals surface area contributed by atoms with Crippen LogP contribution in [0, 0.1) is 0 Å². The second-order valence-corrected chi connectivity index (χ2v) is 7.36. The molecule has 1 fully saturated rings. The van der Waals surface area contributed by atoms with Crippen LogP contribution in [0.2, 0.25) is 0 Å². The molecule has 158 valence electrons. The summed E-state index contributed by atoms with van der Waals surface area (Å²) in [5.41, 5.74) is 2.33. The lowest BCUT2D eigenvalue weighted by molar-refractivity contribution is 0.254. The number of halogens is 1. The molecule has 0 aliphatic carbocycles. The van der Waals surface area contributed by atoms with Gasteiger partial charge in [0.15, 0.2) is 5.96 Å². The van der Waals surface area contributed by atoms with Gasteiger partial charge in [0.25, 0.3) is 0 Å². The Morgan fingerprint density at radius 1 is 1.32 bits per heavy atom. The van der Waals surface area contributed by atoms with Crippen LogP contribution >= 0.6 is 24.0 Å². The summed E-state index contributed by atoms with van der Waals surface area (Å²) in [4.78, 5) is 6.91. The number of hydrogen-bond donors (Lipinski definition) is 2. The Balaban J connectivity index is 0.00000280. The molecular formula is C21H35IN4O2. The van der Waals surface area contributed by atoms with Gasteiger partial charge in [0.1, 0.15) is 17.6 Å². The Morgan fingerprint density at radius 3 is 2.86 bits per heavy atom. The summed E-state index contributed by atoms with van der Waals surface area (Å²) in [6.07, 6.45) is 3.73. The van der Waals surface area contributed by atoms with Crippen molar-refractivity contribution in [3.05, 3.63) is 23.3 Å². The van der Waals surface area contributed by atoms with Crippen LogP contribution in [-0.4, -0.2) is 56.3 Å². The molecule has 7 heteroatoms. The SMILES string of the molecule is CCOc1cc2c(cc1CNC(=NC)NCC1CCCN1CC)OC(C)C2.I. The number of nitrogens with one attached hydrogen (secondary N) is 2. The molecule has 0 bridgehead atoms. The van der Waals surface area contributed by atoms with Crippen LogP contribution in [0.15, 0.2) is 17.1 Å². The molecule has 2 heterocycles. The summed E-state index contributed by atoms with van der Waals surface area (Å²) in [7, 11) is 1.82. The molecule has 6 nitrogen and oxygen atoms in total. The standard InChI is InChI=1S/C21H34N4O2.HI/c1-5-25-9-7-8-18(25)14-24-21(22-4)23-13-17-12-20-16(10-15(3)27-20)11-19(17)26-6-2;/h11-12,15,18H,5-10,13-14H2,1-4H3,(H2,22,23,24);1H. The second kappa shape index (κ2) is 11.1. The first kappa shape index (κ1) is 23.1. The van der Waals surface area contributed by atoms with Crippen molar-refractivity contribution in [1.29, 1.82) is 0 Å². The van der Waals surface area contributed by atoms with E-state index in [-0.39, 0.29) is 30.1 Å². The quantitative estimate of drug-likeness (QED) is 0.341. The number of fused-ring (bicyclic) bond motifs is 1. The number of hydrogen-bond acceptors (Lipinski definition) is 4. The number of ether oxygens (including phenoxy) is 2. The minimum absolute atomic E-state index is 0. The number of guanidine groups is 1. The average Bonchev–Trinajstić information content (AvgIpc) is 3.26. The van der Waals surface area contributed by atoms with Gasteiger partial charge in [-0.05, 0) is 51.9 Å². The number of nitrogens with zero attached hydrogens (tertiary/aromatic N) is 2. The highest BCUT2D eigenvalue weighted by Crippen LogP contribution is 2.35. The third-order valence-corrected chi connectivity index (χ3v) is 5.46. The number of aliphatic imine (C=N–C) groups is 1. The zero-order chi connectivity index (χ0) is 19.2. The molecule has 28 heavy (non-hydrogen) atoms. The van der Waals surface area contributed by atoms with Crippen LogP contribution in [0.25, 0.3) is 0 Å². The van der Waals surface area contributed by atoms with Gasteiger partial charge < -0.3 is 20.1 Å². The smallest absolute Gasteiger partial charge is 0.191 e. The van der Waals surface area contributed by atoms with Crippen molar-refractivity contribution in [3.63, 3.8) is 0 Å². The minimum Gasteiger partial charge on any atom is -0.494 e. The second-order valence-electron chi connectivity index (χ2n) is 7.36. The Morgan fingerprint density at radius 2 is 2.14 bits per heavy atom. The third kappa shape index (κ3) is 5.65. The van der Waals surface area contributed by atoms with Crippen molar-refractivity contribution in [3.8, 4) is 11.5 Å². The van der Waals surface area contributed by atoms with E-state index >= 15 is 0 Å². The predicted molar refractivity (Wildman–Crippen MR) is 125 cm³/mol. The molecule has 2 N–H and O–H groups in total. The van der Waals surface area contributed by atoms with Crippen molar-refractivity contribution < 1.29 is 9.47 Å². The first-order chi connectivity index (χ1) is 13.1. The van der Waals surface area contributed by atoms with E-state index in [4.69, 9.17) is 9.47 Å². The molecule has 0 amide bonds. The maximum Gasteiger partial charge on any atom is 0.191 e. The van der Waals surface area contributed by atoms with Gasteiger partial charge in [0, 0.05) is 43.7 Å². The Bertz CT molecular complexity index is 668. The van der Waals surface area contributed by atoms with Crippen LogP contribution in [0.1, 0.15) is 44.7 Å². The molecule has 2 aliphatic rings. The maximum absolute atomic E-state index is 5.92. The molecule has 0 aromatic heterocycles. The largest absolute Gasteiger partial charge is 0.494 e. The van der Waals surface area contributed by atoms with E-state index in [1.54, 1.807) is 0 Å². The van der Waals surface area contributed by atoms with E-state index in [2.05, 4.69) is 46.5 Å². The number of likely N-dealkylation sites (tertiary alicyclic amines) is 1. The molecule has 3 rings (SSSR count). The van der Waals surface area contributed by atoms with Crippen LogP contribution in [-0.2, 0) is 13.0 Å². The molecule has 0 saturated carbocycles. The molecule has 0 radical (unpaired) electrons. The van der Waals surface area contributed by atoms with E-state index in [9.17, 15) is 0 Å². The fourth-order valence-electron chi connectivity index (χ4n) is 4.07. The van der Waals surface area contributed by atoms with Crippen LogP contribution in [0.5, 0.6) is 11.5 Å². The van der Waals surface area contributed by atoms with Gasteiger partial charge >= 0.3 is 0 Å². The highest BCUT2D eigenvalue weighted by Gasteiger charge is 2.23. The van der Waals surface area contributed by atoms with Gasteiger partial charge in [-0.15, -0.1) is 24.0 Å². The van der Waals surface area contributed by atoms with Gasteiger partial charge in [0.2, 0.25) is 0 Å². The van der Waals surface area contributed by atoms with E-state index in [1.165, 1.54) is 24.9 Å². The van der Waals surface area contributed by atoms with Crippen LogP contribution < -0.4 is 20.1 Å². The molecular weight excluding hydrogens is 467 g/mol. The summed E-state index contributed by atoms with van der Waals surface area (Å²) >= 11 is 0. The zero-order valence-electron chi connectivity index (χ0n) is 17.6. The minimum atomic E-state index is 0. The molecule has 0 spiro atoms. The lowest BCUT2D eigenvalue weighted by Gasteiger charge is -2.24. The third-order valence-electron chi connectivity index (χ3n) is 5.46. The molecule has 2 atom stereocenters. The summed E-state index contributed by atoms with van der Waals surface area (Å²) in [5, 5.41) is 6.91. The fourth-order valence-corrected chi connectivity index (χ4v) is 4.07. The fraction of sp³-hybridized carbons (Fsp3) is 0.667. The maximum atomic E-state index is 5.92. The number of likely N-dealkylation sites (N-methyl/N-ethyl adjacent to an activating group) is 1. The Hall–Kier alpha value is -1.22. The Kier molecular flexibility index (Phi) is 9.14. The normalized spacial score (nSPS) is 21.6. The molecule has 1 aromatic rings. The van der Waals surface area contributed by atoms with Crippen molar-refractivity contribution in [1.82, 2.24) is 15.5 Å². The van der Waals surface area contributed by atoms with E-state index < -0.39 is 0 Å². The van der Waals surface area contributed by atoms with E-state index in [1.807, 2.05) is 14.0 Å². The van der Waals surface area contributed by atoms with Crippen LogP contribution in [0.3, 0.4) is 0 Å². The van der Waals surface area contributed by atoms with E-state index in [0.29, 0.717) is 19.2 Å². The Labute approximate surface area is 186 Å². The van der Waals surface area contributed by atoms with Gasteiger partial charge in [-0.3, -0.25) is 9.89 Å². The number of rotatable bonds is 7. The summed E-state index contributed by atoms with van der Waals surface area (Å²) < 4.78 is 11.8.